The third-order valence-electron chi connectivity index (χ3n) is 6.92. The Hall–Kier alpha value is -5.48. The van der Waals surface area contributed by atoms with Crippen molar-refractivity contribution in [1.29, 1.82) is 0 Å². The molecule has 0 saturated heterocycles. The van der Waals surface area contributed by atoms with Gasteiger partial charge in [0.1, 0.15) is 0 Å². The lowest BCUT2D eigenvalue weighted by atomic mass is 9.92. The normalized spacial score (nSPS) is 15.9. The van der Waals surface area contributed by atoms with Crippen LogP contribution in [0.25, 0.3) is 35.5 Å². The minimum Gasteiger partial charge on any atom is -0.361 e. The van der Waals surface area contributed by atoms with Crippen LogP contribution in [0.5, 0.6) is 0 Å². The summed E-state index contributed by atoms with van der Waals surface area (Å²) in [6.45, 7) is 0. The van der Waals surface area contributed by atoms with Crippen LogP contribution in [0.15, 0.2) is 122 Å². The van der Waals surface area contributed by atoms with Crippen molar-refractivity contribution in [3.63, 3.8) is 0 Å². The highest BCUT2D eigenvalue weighted by molar-refractivity contribution is 6.30. The maximum Gasteiger partial charge on any atom is 0.187 e. The maximum absolute atomic E-state index is 12.4. The van der Waals surface area contributed by atoms with Gasteiger partial charge in [0.2, 0.25) is 0 Å². The molecule has 0 aromatic heterocycles. The van der Waals surface area contributed by atoms with E-state index < -0.39 is 0 Å². The lowest BCUT2D eigenvalue weighted by molar-refractivity contribution is -0.110. The molecule has 0 spiro atoms. The van der Waals surface area contributed by atoms with Crippen LogP contribution < -0.4 is 10.6 Å². The number of nitrogens with one attached hydrogen (secondary N) is 2. The molecule has 0 aliphatic heterocycles. The van der Waals surface area contributed by atoms with Crippen molar-refractivity contribution < 1.29 is 9.59 Å². The summed E-state index contributed by atoms with van der Waals surface area (Å²) >= 11 is 0. The summed E-state index contributed by atoms with van der Waals surface area (Å²) in [5.74, 6) is -0.0119. The van der Waals surface area contributed by atoms with E-state index in [0.29, 0.717) is 11.1 Å². The molecule has 40 heavy (non-hydrogen) atoms. The predicted molar refractivity (Wildman–Crippen MR) is 166 cm³/mol. The van der Waals surface area contributed by atoms with Crippen molar-refractivity contribution in [3.05, 3.63) is 155 Å². The number of hydrogen-bond acceptors (Lipinski definition) is 4. The third-order valence-corrected chi connectivity index (χ3v) is 6.92. The molecule has 6 rings (SSSR count). The van der Waals surface area contributed by atoms with E-state index in [1.165, 1.54) is 0 Å². The molecule has 4 aromatic carbocycles. The zero-order valence-corrected chi connectivity index (χ0v) is 21.7. The van der Waals surface area contributed by atoms with Gasteiger partial charge in [-0.3, -0.25) is 9.59 Å². The average molecular weight is 519 g/mol. The molecule has 0 atom stereocenters. The van der Waals surface area contributed by atoms with E-state index in [1.54, 1.807) is 24.6 Å². The summed E-state index contributed by atoms with van der Waals surface area (Å²) in [7, 11) is 0. The standard InChI is InChI=1S/C36H26N2O2/c39-35-21-15-27-5-1-3-7-31(27)33(35)23-37-29-17-11-25(12-18-29)9-10-26-13-19-30(20-14-26)38-24-34-32-8-4-2-6-28(32)16-22-36(34)40/h1-24,37-38H. The number of rotatable bonds is 6. The van der Waals surface area contributed by atoms with Gasteiger partial charge < -0.3 is 10.6 Å². The van der Waals surface area contributed by atoms with E-state index in [1.807, 2.05) is 109 Å². The largest absolute Gasteiger partial charge is 0.361 e. The van der Waals surface area contributed by atoms with Crippen LogP contribution in [0.3, 0.4) is 0 Å². The highest BCUT2D eigenvalue weighted by atomic mass is 16.1. The SMILES string of the molecule is O=C1C=Cc2ccccc2C1=CNc1ccc(C=Cc2ccc(NC=C3C(=O)C=Cc4ccccc43)cc2)cc1. The van der Waals surface area contributed by atoms with Crippen LogP contribution in [0.2, 0.25) is 0 Å². The number of carbonyl (C=O) groups excluding carboxylic acids is 2. The second-order valence-electron chi connectivity index (χ2n) is 9.55. The molecule has 0 unspecified atom stereocenters. The van der Waals surface area contributed by atoms with Crippen molar-refractivity contribution in [2.75, 3.05) is 10.6 Å². The number of fused-ring (bicyclic) bond motifs is 2. The second-order valence-corrected chi connectivity index (χ2v) is 9.55. The lowest BCUT2D eigenvalue weighted by Gasteiger charge is -2.13. The molecule has 2 N–H and O–H groups in total. The van der Waals surface area contributed by atoms with Gasteiger partial charge in [-0.1, -0.05) is 97.1 Å². The van der Waals surface area contributed by atoms with Crippen LogP contribution in [0.4, 0.5) is 11.4 Å². The van der Waals surface area contributed by atoms with Gasteiger partial charge in [0, 0.05) is 34.9 Å². The van der Waals surface area contributed by atoms with Gasteiger partial charge in [-0.25, -0.2) is 0 Å². The third kappa shape index (κ3) is 5.38. The molecule has 0 heterocycles. The van der Waals surface area contributed by atoms with Crippen LogP contribution in [-0.4, -0.2) is 11.6 Å². The monoisotopic (exact) mass is 518 g/mol. The molecule has 0 saturated carbocycles. The minimum atomic E-state index is -0.00595. The second kappa shape index (κ2) is 11.1. The van der Waals surface area contributed by atoms with Crippen LogP contribution in [0, 0.1) is 0 Å². The summed E-state index contributed by atoms with van der Waals surface area (Å²) < 4.78 is 0. The number of anilines is 2. The Morgan fingerprint density at radius 2 is 0.850 bits per heavy atom. The van der Waals surface area contributed by atoms with Gasteiger partial charge in [0.15, 0.2) is 11.6 Å². The Bertz CT molecular complexity index is 1620. The van der Waals surface area contributed by atoms with Crippen molar-refractivity contribution in [3.8, 4) is 0 Å². The number of carbonyl (C=O) groups is 2. The van der Waals surface area contributed by atoms with Gasteiger partial charge >= 0.3 is 0 Å². The molecule has 4 aromatic rings. The molecule has 2 aliphatic carbocycles. The average Bonchev–Trinajstić information content (AvgIpc) is 3.00. The molecule has 4 heteroatoms. The van der Waals surface area contributed by atoms with Gasteiger partial charge in [-0.15, -0.1) is 0 Å². The van der Waals surface area contributed by atoms with E-state index in [2.05, 4.69) is 22.8 Å². The molecular formula is C36H26N2O2. The molecule has 2 aliphatic rings. The fraction of sp³-hybridized carbons (Fsp3) is 0. The van der Waals surface area contributed by atoms with Gasteiger partial charge in [-0.2, -0.15) is 0 Å². The summed E-state index contributed by atoms with van der Waals surface area (Å²) in [6, 6.07) is 31.9. The first-order chi connectivity index (χ1) is 19.6. The smallest absolute Gasteiger partial charge is 0.187 e. The quantitative estimate of drug-likeness (QED) is 0.201. The fourth-order valence-corrected chi connectivity index (χ4v) is 4.73. The topological polar surface area (TPSA) is 58.2 Å². The van der Waals surface area contributed by atoms with Gasteiger partial charge in [0.05, 0.1) is 0 Å². The molecule has 4 nitrogen and oxygen atoms in total. The first-order valence-electron chi connectivity index (χ1n) is 13.1. The zero-order valence-electron chi connectivity index (χ0n) is 21.7. The lowest BCUT2D eigenvalue weighted by Crippen LogP contribution is -2.06. The number of allylic oxidation sites excluding steroid dienone is 4. The molecule has 0 amide bonds. The first-order valence-corrected chi connectivity index (χ1v) is 13.1. The van der Waals surface area contributed by atoms with Crippen molar-refractivity contribution in [2.45, 2.75) is 0 Å². The van der Waals surface area contributed by atoms with Gasteiger partial charge in [0.25, 0.3) is 0 Å². The molecule has 0 fully saturated rings. The van der Waals surface area contributed by atoms with Crippen LogP contribution in [-0.2, 0) is 9.59 Å². The summed E-state index contributed by atoms with van der Waals surface area (Å²) in [5, 5.41) is 6.52. The van der Waals surface area contributed by atoms with E-state index in [4.69, 9.17) is 0 Å². The molecular weight excluding hydrogens is 492 g/mol. The van der Waals surface area contributed by atoms with E-state index in [-0.39, 0.29) is 11.6 Å². The first kappa shape index (κ1) is 24.8. The van der Waals surface area contributed by atoms with E-state index >= 15 is 0 Å². The summed E-state index contributed by atoms with van der Waals surface area (Å²) in [6.07, 6.45) is 14.6. The van der Waals surface area contributed by atoms with Crippen molar-refractivity contribution in [1.82, 2.24) is 0 Å². The molecule has 192 valence electrons. The van der Waals surface area contributed by atoms with Crippen LogP contribution in [0.1, 0.15) is 33.4 Å². The number of ketones is 2. The van der Waals surface area contributed by atoms with Crippen LogP contribution >= 0.6 is 0 Å². The Balaban J connectivity index is 1.08. The summed E-state index contributed by atoms with van der Waals surface area (Å²) in [4.78, 5) is 24.8. The molecule has 0 radical (unpaired) electrons. The Morgan fingerprint density at radius 3 is 1.27 bits per heavy atom. The predicted octanol–water partition coefficient (Wildman–Crippen LogP) is 7.95. The van der Waals surface area contributed by atoms with E-state index in [9.17, 15) is 9.59 Å². The summed E-state index contributed by atoms with van der Waals surface area (Å²) in [5.41, 5.74) is 9.20. The molecule has 0 bridgehead atoms. The Morgan fingerprint density at radius 1 is 0.450 bits per heavy atom. The zero-order chi connectivity index (χ0) is 27.3. The Labute approximate surface area is 233 Å². The van der Waals surface area contributed by atoms with Crippen molar-refractivity contribution in [2.24, 2.45) is 0 Å². The van der Waals surface area contributed by atoms with Gasteiger partial charge in [-0.05, 0) is 69.8 Å². The minimum absolute atomic E-state index is 0.00595. The number of benzene rings is 4. The fourth-order valence-electron chi connectivity index (χ4n) is 4.73. The maximum atomic E-state index is 12.4. The van der Waals surface area contributed by atoms with Crippen molar-refractivity contribution >= 4 is 58.4 Å². The Kier molecular flexibility index (Phi) is 6.89. The highest BCUT2D eigenvalue weighted by Crippen LogP contribution is 2.28. The van der Waals surface area contributed by atoms with E-state index in [0.717, 1.165) is 44.8 Å². The number of hydrogen-bond donors (Lipinski definition) is 2. The highest BCUT2D eigenvalue weighted by Gasteiger charge is 2.17.